The summed E-state index contributed by atoms with van der Waals surface area (Å²) in [6.45, 7) is 0. The topological polar surface area (TPSA) is 23.8 Å². The highest BCUT2D eigenvalue weighted by Crippen LogP contribution is 2.41. The van der Waals surface area contributed by atoms with Crippen molar-refractivity contribution in [3.63, 3.8) is 0 Å². The maximum atomic E-state index is 8.70. The van der Waals surface area contributed by atoms with Crippen molar-refractivity contribution in [1.29, 1.82) is 5.26 Å². The van der Waals surface area contributed by atoms with Gasteiger partial charge in [-0.05, 0) is 37.5 Å². The first-order chi connectivity index (χ1) is 6.42. The first kappa shape index (κ1) is 8.81. The van der Waals surface area contributed by atoms with Crippen molar-refractivity contribution in [3.8, 4) is 6.07 Å². The van der Waals surface area contributed by atoms with Crippen LogP contribution in [0.1, 0.15) is 44.9 Å². The van der Waals surface area contributed by atoms with Crippen LogP contribution in [0, 0.1) is 23.2 Å². The Kier molecular flexibility index (Phi) is 2.68. The molecule has 0 aromatic rings. The second-order valence-electron chi connectivity index (χ2n) is 4.34. The Morgan fingerprint density at radius 1 is 1.31 bits per heavy atom. The Labute approximate surface area is 80.4 Å². The molecule has 0 radical (unpaired) electrons. The Hall–Kier alpha value is -0.770. The molecule has 1 saturated carbocycles. The monoisotopic (exact) mass is 175 g/mol. The molecule has 13 heavy (non-hydrogen) atoms. The summed E-state index contributed by atoms with van der Waals surface area (Å²) >= 11 is 0. The van der Waals surface area contributed by atoms with Gasteiger partial charge in [-0.25, -0.2) is 0 Å². The average molecular weight is 175 g/mol. The van der Waals surface area contributed by atoms with Crippen molar-refractivity contribution in [2.45, 2.75) is 44.9 Å². The minimum absolute atomic E-state index is 0.682. The van der Waals surface area contributed by atoms with E-state index in [0.29, 0.717) is 6.42 Å². The zero-order chi connectivity index (χ0) is 9.10. The van der Waals surface area contributed by atoms with E-state index in [0.717, 1.165) is 11.8 Å². The van der Waals surface area contributed by atoms with Crippen molar-refractivity contribution in [2.75, 3.05) is 0 Å². The fourth-order valence-corrected chi connectivity index (χ4v) is 2.98. The van der Waals surface area contributed by atoms with Crippen LogP contribution in [0.3, 0.4) is 0 Å². The molecule has 1 unspecified atom stereocenters. The van der Waals surface area contributed by atoms with Crippen molar-refractivity contribution in [2.24, 2.45) is 11.8 Å². The summed E-state index contributed by atoms with van der Waals surface area (Å²) in [5, 5.41) is 8.70. The lowest BCUT2D eigenvalue weighted by Gasteiger charge is -2.20. The smallest absolute Gasteiger partial charge is 0.0666 e. The van der Waals surface area contributed by atoms with E-state index in [1.165, 1.54) is 44.1 Å². The lowest BCUT2D eigenvalue weighted by atomic mass is 9.85. The molecular formula is C12H17N. The summed E-state index contributed by atoms with van der Waals surface area (Å²) in [6.07, 6.45) is 11.2. The number of rotatable bonds is 2. The van der Waals surface area contributed by atoms with E-state index in [9.17, 15) is 0 Å². The van der Waals surface area contributed by atoms with Crippen molar-refractivity contribution < 1.29 is 0 Å². The van der Waals surface area contributed by atoms with Gasteiger partial charge in [0.15, 0.2) is 0 Å². The fourth-order valence-electron chi connectivity index (χ4n) is 2.98. The highest BCUT2D eigenvalue weighted by molar-refractivity contribution is 5.18. The van der Waals surface area contributed by atoms with Gasteiger partial charge in [0, 0.05) is 0 Å². The first-order valence-electron chi connectivity index (χ1n) is 5.47. The molecule has 0 N–H and O–H groups in total. The predicted molar refractivity (Wildman–Crippen MR) is 53.0 cm³/mol. The maximum Gasteiger partial charge on any atom is 0.0666 e. The summed E-state index contributed by atoms with van der Waals surface area (Å²) in [5.74, 6) is 1.70. The summed E-state index contributed by atoms with van der Waals surface area (Å²) in [4.78, 5) is 0. The average Bonchev–Trinajstić information content (AvgIpc) is 2.71. The zero-order valence-corrected chi connectivity index (χ0v) is 8.13. The Balaban J connectivity index is 1.99. The Bertz CT molecular complexity index is 240. The fraction of sp³-hybridized carbons (Fsp3) is 0.750. The van der Waals surface area contributed by atoms with Crippen LogP contribution in [0.2, 0.25) is 0 Å². The number of nitriles is 1. The van der Waals surface area contributed by atoms with Crippen LogP contribution in [0.25, 0.3) is 0 Å². The van der Waals surface area contributed by atoms with Gasteiger partial charge in [-0.15, -0.1) is 0 Å². The van der Waals surface area contributed by atoms with E-state index >= 15 is 0 Å². The highest BCUT2D eigenvalue weighted by atomic mass is 14.3. The van der Waals surface area contributed by atoms with Crippen LogP contribution >= 0.6 is 0 Å². The van der Waals surface area contributed by atoms with Gasteiger partial charge in [-0.1, -0.05) is 24.5 Å². The molecule has 2 rings (SSSR count). The van der Waals surface area contributed by atoms with Crippen LogP contribution in [0.4, 0.5) is 0 Å². The van der Waals surface area contributed by atoms with Crippen molar-refractivity contribution >= 4 is 0 Å². The second kappa shape index (κ2) is 3.96. The SMILES string of the molecule is N#CCC1=CCCC1C1CCCC1. The van der Waals surface area contributed by atoms with Crippen LogP contribution in [0.5, 0.6) is 0 Å². The number of nitrogens with zero attached hydrogens (tertiary/aromatic N) is 1. The molecule has 0 heterocycles. The molecule has 0 aliphatic heterocycles. The molecule has 0 saturated heterocycles. The van der Waals surface area contributed by atoms with E-state index < -0.39 is 0 Å². The van der Waals surface area contributed by atoms with Gasteiger partial charge in [-0.3, -0.25) is 0 Å². The van der Waals surface area contributed by atoms with E-state index in [2.05, 4.69) is 12.1 Å². The second-order valence-corrected chi connectivity index (χ2v) is 4.34. The quantitative estimate of drug-likeness (QED) is 0.590. The Morgan fingerprint density at radius 2 is 2.08 bits per heavy atom. The normalized spacial score (nSPS) is 28.8. The van der Waals surface area contributed by atoms with Crippen LogP contribution in [0.15, 0.2) is 11.6 Å². The van der Waals surface area contributed by atoms with E-state index in [1.807, 2.05) is 0 Å². The maximum absolute atomic E-state index is 8.70. The van der Waals surface area contributed by atoms with Gasteiger partial charge in [0.25, 0.3) is 0 Å². The minimum atomic E-state index is 0.682. The van der Waals surface area contributed by atoms with Crippen LogP contribution in [-0.4, -0.2) is 0 Å². The predicted octanol–water partition coefficient (Wildman–Crippen LogP) is 3.43. The molecule has 1 fully saturated rings. The molecule has 2 aliphatic carbocycles. The van der Waals surface area contributed by atoms with E-state index in [1.54, 1.807) is 0 Å². The van der Waals surface area contributed by atoms with E-state index in [-0.39, 0.29) is 0 Å². The van der Waals surface area contributed by atoms with Gasteiger partial charge in [0.05, 0.1) is 12.5 Å². The van der Waals surface area contributed by atoms with Gasteiger partial charge >= 0.3 is 0 Å². The van der Waals surface area contributed by atoms with Crippen LogP contribution in [-0.2, 0) is 0 Å². The molecule has 1 heteroatoms. The van der Waals surface area contributed by atoms with Gasteiger partial charge in [0.1, 0.15) is 0 Å². The van der Waals surface area contributed by atoms with Gasteiger partial charge < -0.3 is 0 Å². The van der Waals surface area contributed by atoms with Crippen molar-refractivity contribution in [1.82, 2.24) is 0 Å². The standard InChI is InChI=1S/C12H17N/c13-9-8-11-6-3-7-12(11)10-4-1-2-5-10/h6,10,12H,1-5,7-8H2. The largest absolute Gasteiger partial charge is 0.198 e. The molecule has 1 nitrogen and oxygen atoms in total. The van der Waals surface area contributed by atoms with Gasteiger partial charge in [0.2, 0.25) is 0 Å². The van der Waals surface area contributed by atoms with Crippen molar-refractivity contribution in [3.05, 3.63) is 11.6 Å². The third kappa shape index (κ3) is 1.77. The molecule has 0 aromatic carbocycles. The molecule has 0 bridgehead atoms. The third-order valence-corrected chi connectivity index (χ3v) is 3.61. The number of hydrogen-bond acceptors (Lipinski definition) is 1. The molecule has 0 aromatic heterocycles. The zero-order valence-electron chi connectivity index (χ0n) is 8.13. The molecule has 2 aliphatic rings. The molecule has 0 spiro atoms. The van der Waals surface area contributed by atoms with Crippen LogP contribution < -0.4 is 0 Å². The number of hydrogen-bond donors (Lipinski definition) is 0. The third-order valence-electron chi connectivity index (χ3n) is 3.61. The summed E-state index contributed by atoms with van der Waals surface area (Å²) in [7, 11) is 0. The van der Waals surface area contributed by atoms with Gasteiger partial charge in [-0.2, -0.15) is 5.26 Å². The summed E-state index contributed by atoms with van der Waals surface area (Å²) in [5.41, 5.74) is 1.45. The molecule has 70 valence electrons. The molecule has 0 amide bonds. The lowest BCUT2D eigenvalue weighted by Crippen LogP contribution is -2.10. The molecular weight excluding hydrogens is 158 g/mol. The minimum Gasteiger partial charge on any atom is -0.198 e. The number of allylic oxidation sites excluding steroid dienone is 2. The summed E-state index contributed by atoms with van der Waals surface area (Å²) in [6, 6.07) is 2.29. The first-order valence-corrected chi connectivity index (χ1v) is 5.47. The highest BCUT2D eigenvalue weighted by Gasteiger charge is 2.29. The molecule has 1 atom stereocenters. The van der Waals surface area contributed by atoms with E-state index in [4.69, 9.17) is 5.26 Å². The lowest BCUT2D eigenvalue weighted by molar-refractivity contribution is 0.381. The summed E-state index contributed by atoms with van der Waals surface area (Å²) < 4.78 is 0. The Morgan fingerprint density at radius 3 is 2.77 bits per heavy atom.